The molecule has 0 spiro atoms. The Labute approximate surface area is 140 Å². The number of rotatable bonds is 4. The highest BCUT2D eigenvalue weighted by atomic mass is 19.3. The fourth-order valence-electron chi connectivity index (χ4n) is 3.36. The molecule has 1 fully saturated rings. The minimum atomic E-state index is -2.96. The highest BCUT2D eigenvalue weighted by molar-refractivity contribution is 5.49. The molecule has 2 aromatic heterocycles. The van der Waals surface area contributed by atoms with Gasteiger partial charge in [-0.15, -0.1) is 5.10 Å². The van der Waals surface area contributed by atoms with Crippen molar-refractivity contribution >= 4 is 11.6 Å². The number of H-pyrrole nitrogens is 1. The van der Waals surface area contributed by atoms with Gasteiger partial charge in [-0.1, -0.05) is 0 Å². The number of halogens is 3. The minimum absolute atomic E-state index is 0.222. The molecule has 2 aliphatic rings. The standard InChI is InChI=1S/C14H15F3N6O2/c1-14-6-19-3-7(15)12(14)25-11-5-18-4-9(23(11)14)20-8-2-10(22-21-8)24-13(16)17/h2,4-5,7,12-13,19H,3,6H2,1H3,(H,18,21,22)/p+1/t7-,12-,14?/m0/s1. The third-order valence-electron chi connectivity index (χ3n) is 4.39. The Bertz CT molecular complexity index is 788. The molecule has 0 aliphatic carbocycles. The number of fused-ring (bicyclic) bond motifs is 3. The maximum atomic E-state index is 14.3. The van der Waals surface area contributed by atoms with Crippen molar-refractivity contribution in [1.82, 2.24) is 20.5 Å². The molecular formula is C14H16F3N6O2+. The molecule has 11 heteroatoms. The van der Waals surface area contributed by atoms with Gasteiger partial charge in [-0.05, 0) is 6.92 Å². The van der Waals surface area contributed by atoms with E-state index in [4.69, 9.17) is 4.74 Å². The highest BCUT2D eigenvalue weighted by Crippen LogP contribution is 2.34. The van der Waals surface area contributed by atoms with Crippen molar-refractivity contribution < 1.29 is 27.2 Å². The molecule has 0 aromatic carbocycles. The molecule has 3 atom stereocenters. The first-order valence-corrected chi connectivity index (χ1v) is 7.66. The lowest BCUT2D eigenvalue weighted by Crippen LogP contribution is -2.68. The Morgan fingerprint density at radius 2 is 2.32 bits per heavy atom. The molecule has 0 bridgehead atoms. The van der Waals surface area contributed by atoms with Gasteiger partial charge in [0.1, 0.15) is 12.4 Å². The van der Waals surface area contributed by atoms with Crippen LogP contribution < -0.4 is 24.7 Å². The van der Waals surface area contributed by atoms with Crippen LogP contribution in [0.15, 0.2) is 18.5 Å². The number of anilines is 2. The summed E-state index contributed by atoms with van der Waals surface area (Å²) in [6.45, 7) is -0.344. The summed E-state index contributed by atoms with van der Waals surface area (Å²) in [4.78, 5) is 4.08. The van der Waals surface area contributed by atoms with Gasteiger partial charge >= 0.3 is 18.3 Å². The van der Waals surface area contributed by atoms with Crippen molar-refractivity contribution in [2.24, 2.45) is 0 Å². The van der Waals surface area contributed by atoms with Crippen LogP contribution in [0.25, 0.3) is 0 Å². The Hall–Kier alpha value is -2.56. The van der Waals surface area contributed by atoms with Crippen LogP contribution >= 0.6 is 0 Å². The average Bonchev–Trinajstić information content (AvgIpc) is 3.10. The molecule has 0 amide bonds. The van der Waals surface area contributed by atoms with Gasteiger partial charge in [0.2, 0.25) is 11.7 Å². The summed E-state index contributed by atoms with van der Waals surface area (Å²) in [6.07, 6.45) is 1.25. The zero-order valence-corrected chi connectivity index (χ0v) is 13.2. The predicted molar refractivity (Wildman–Crippen MR) is 78.8 cm³/mol. The Kier molecular flexibility index (Phi) is 3.67. The van der Waals surface area contributed by atoms with Gasteiger partial charge in [-0.25, -0.2) is 19.8 Å². The van der Waals surface area contributed by atoms with E-state index in [1.165, 1.54) is 18.5 Å². The van der Waals surface area contributed by atoms with Crippen molar-refractivity contribution in [2.45, 2.75) is 31.3 Å². The summed E-state index contributed by atoms with van der Waals surface area (Å²) in [5.74, 6) is 1.01. The normalized spacial score (nSPS) is 27.6. The third-order valence-corrected chi connectivity index (χ3v) is 4.39. The van der Waals surface area contributed by atoms with Crippen LogP contribution in [0.4, 0.5) is 24.8 Å². The molecule has 25 heavy (non-hydrogen) atoms. The SMILES string of the molecule is CC12CNC[C@H](F)[C@@H]1Oc1cncc(Nc3cc(OC(F)F)n[nH]3)[n+]12. The lowest BCUT2D eigenvalue weighted by atomic mass is 9.88. The molecular weight excluding hydrogens is 341 g/mol. The van der Waals surface area contributed by atoms with E-state index in [-0.39, 0.29) is 12.4 Å². The number of aromatic nitrogens is 4. The molecule has 4 heterocycles. The number of alkyl halides is 3. The molecule has 2 aliphatic heterocycles. The number of hydrogen-bond acceptors (Lipinski definition) is 6. The first-order valence-electron chi connectivity index (χ1n) is 7.66. The fourth-order valence-corrected chi connectivity index (χ4v) is 3.36. The van der Waals surface area contributed by atoms with E-state index >= 15 is 0 Å². The van der Waals surface area contributed by atoms with Gasteiger partial charge in [0, 0.05) is 13.1 Å². The largest absolute Gasteiger partial charge is 0.450 e. The lowest BCUT2D eigenvalue weighted by Gasteiger charge is -2.34. The van der Waals surface area contributed by atoms with Crippen LogP contribution in [-0.4, -0.2) is 47.2 Å². The van der Waals surface area contributed by atoms with Crippen LogP contribution in [0.3, 0.4) is 0 Å². The Balaban J connectivity index is 1.65. The second-order valence-electron chi connectivity index (χ2n) is 6.13. The van der Waals surface area contributed by atoms with E-state index in [0.29, 0.717) is 24.1 Å². The van der Waals surface area contributed by atoms with E-state index in [1.54, 1.807) is 4.57 Å². The Morgan fingerprint density at radius 3 is 3.12 bits per heavy atom. The second-order valence-corrected chi connectivity index (χ2v) is 6.13. The maximum absolute atomic E-state index is 14.3. The van der Waals surface area contributed by atoms with Gasteiger partial charge in [0.25, 0.3) is 0 Å². The van der Waals surface area contributed by atoms with Gasteiger partial charge < -0.3 is 14.8 Å². The molecule has 3 N–H and O–H groups in total. The summed E-state index contributed by atoms with van der Waals surface area (Å²) in [7, 11) is 0. The van der Waals surface area contributed by atoms with Crippen molar-refractivity contribution in [3.63, 3.8) is 0 Å². The molecule has 1 saturated heterocycles. The molecule has 4 rings (SSSR count). The number of aromatic amines is 1. The first-order chi connectivity index (χ1) is 12.0. The molecule has 2 aromatic rings. The zero-order chi connectivity index (χ0) is 17.6. The Morgan fingerprint density at radius 1 is 1.48 bits per heavy atom. The summed E-state index contributed by atoms with van der Waals surface area (Å²) in [5.41, 5.74) is -0.666. The van der Waals surface area contributed by atoms with E-state index in [9.17, 15) is 13.2 Å². The smallest absolute Gasteiger partial charge is 0.388 e. The molecule has 0 saturated carbocycles. The first kappa shape index (κ1) is 15.9. The maximum Gasteiger partial charge on any atom is 0.388 e. The monoisotopic (exact) mass is 357 g/mol. The van der Waals surface area contributed by atoms with Crippen LogP contribution in [-0.2, 0) is 5.54 Å². The summed E-state index contributed by atoms with van der Waals surface area (Å²) in [6, 6.07) is 1.29. The summed E-state index contributed by atoms with van der Waals surface area (Å²) >= 11 is 0. The van der Waals surface area contributed by atoms with E-state index < -0.39 is 24.4 Å². The lowest BCUT2D eigenvalue weighted by molar-refractivity contribution is -0.733. The number of hydrogen-bond donors (Lipinski definition) is 3. The molecule has 0 radical (unpaired) electrons. The van der Waals surface area contributed by atoms with Crippen molar-refractivity contribution in [1.29, 1.82) is 0 Å². The summed E-state index contributed by atoms with van der Waals surface area (Å²) in [5, 5.41) is 12.2. The predicted octanol–water partition coefficient (Wildman–Crippen LogP) is 0.855. The summed E-state index contributed by atoms with van der Waals surface area (Å²) < 4.78 is 50.6. The van der Waals surface area contributed by atoms with Crippen molar-refractivity contribution in [3.05, 3.63) is 18.5 Å². The van der Waals surface area contributed by atoms with Crippen LogP contribution in [0.5, 0.6) is 11.8 Å². The number of nitrogens with zero attached hydrogens (tertiary/aromatic N) is 3. The highest BCUT2D eigenvalue weighted by Gasteiger charge is 2.56. The van der Waals surface area contributed by atoms with Crippen molar-refractivity contribution in [2.75, 3.05) is 18.4 Å². The van der Waals surface area contributed by atoms with Gasteiger partial charge in [0.05, 0.1) is 6.07 Å². The van der Waals surface area contributed by atoms with E-state index in [1.807, 2.05) is 6.92 Å². The number of piperidine rings is 1. The minimum Gasteiger partial charge on any atom is -0.450 e. The second kappa shape index (κ2) is 5.76. The number of nitrogens with one attached hydrogen (secondary N) is 3. The topological polar surface area (TPSA) is 88.0 Å². The number of ether oxygens (including phenoxy) is 2. The van der Waals surface area contributed by atoms with E-state index in [0.717, 1.165) is 0 Å². The molecule has 134 valence electrons. The van der Waals surface area contributed by atoms with Gasteiger partial charge in [0.15, 0.2) is 17.8 Å². The molecule has 1 unspecified atom stereocenters. The van der Waals surface area contributed by atoms with Gasteiger partial charge in [-0.3, -0.25) is 0 Å². The van der Waals surface area contributed by atoms with Crippen LogP contribution in [0.1, 0.15) is 6.92 Å². The van der Waals surface area contributed by atoms with Crippen LogP contribution in [0, 0.1) is 0 Å². The molecule has 8 nitrogen and oxygen atoms in total. The average molecular weight is 357 g/mol. The van der Waals surface area contributed by atoms with E-state index in [2.05, 4.69) is 30.6 Å². The third kappa shape index (κ3) is 2.64. The fraction of sp³-hybridized carbons (Fsp3) is 0.500. The quantitative estimate of drug-likeness (QED) is 0.704. The van der Waals surface area contributed by atoms with Crippen LogP contribution in [0.2, 0.25) is 0 Å². The van der Waals surface area contributed by atoms with Crippen molar-refractivity contribution in [3.8, 4) is 11.8 Å². The zero-order valence-electron chi connectivity index (χ0n) is 13.2. The van der Waals surface area contributed by atoms with Gasteiger partial charge in [-0.2, -0.15) is 13.3 Å².